The lowest BCUT2D eigenvalue weighted by atomic mass is 10.1. The Morgan fingerprint density at radius 1 is 1.33 bits per heavy atom. The van der Waals surface area contributed by atoms with Crippen LogP contribution >= 0.6 is 0 Å². The van der Waals surface area contributed by atoms with Crippen LogP contribution in [0, 0.1) is 0 Å². The SMILES string of the molecule is CN(CCO)C(=O)NCCCc1ccc(O)cc1. The first-order chi connectivity index (χ1) is 8.63. The van der Waals surface area contributed by atoms with E-state index in [0.717, 1.165) is 18.4 Å². The van der Waals surface area contributed by atoms with E-state index < -0.39 is 0 Å². The Morgan fingerprint density at radius 3 is 2.61 bits per heavy atom. The molecule has 1 aromatic rings. The molecule has 1 rings (SSSR count). The number of benzene rings is 1. The van der Waals surface area contributed by atoms with Crippen molar-refractivity contribution < 1.29 is 15.0 Å². The van der Waals surface area contributed by atoms with Gasteiger partial charge in [0.25, 0.3) is 0 Å². The molecule has 0 aliphatic carbocycles. The summed E-state index contributed by atoms with van der Waals surface area (Å²) in [4.78, 5) is 12.9. The zero-order valence-electron chi connectivity index (χ0n) is 10.6. The molecule has 0 fully saturated rings. The van der Waals surface area contributed by atoms with Crippen LogP contribution in [0.15, 0.2) is 24.3 Å². The molecule has 1 aromatic carbocycles. The Balaban J connectivity index is 2.18. The van der Waals surface area contributed by atoms with Crippen molar-refractivity contribution in [1.29, 1.82) is 0 Å². The van der Waals surface area contributed by atoms with Crippen LogP contribution in [0.25, 0.3) is 0 Å². The van der Waals surface area contributed by atoms with Gasteiger partial charge >= 0.3 is 6.03 Å². The van der Waals surface area contributed by atoms with Crippen molar-refractivity contribution in [3.8, 4) is 5.75 Å². The molecule has 0 aromatic heterocycles. The maximum Gasteiger partial charge on any atom is 0.317 e. The lowest BCUT2D eigenvalue weighted by molar-refractivity contribution is 0.190. The molecule has 0 aliphatic heterocycles. The van der Waals surface area contributed by atoms with Crippen molar-refractivity contribution in [3.63, 3.8) is 0 Å². The summed E-state index contributed by atoms with van der Waals surface area (Å²) < 4.78 is 0. The second-order valence-electron chi connectivity index (χ2n) is 4.15. The van der Waals surface area contributed by atoms with E-state index in [9.17, 15) is 4.79 Å². The van der Waals surface area contributed by atoms with E-state index in [0.29, 0.717) is 13.1 Å². The van der Waals surface area contributed by atoms with Crippen molar-refractivity contribution in [1.82, 2.24) is 10.2 Å². The fourth-order valence-corrected chi connectivity index (χ4v) is 1.54. The van der Waals surface area contributed by atoms with E-state index in [-0.39, 0.29) is 18.4 Å². The van der Waals surface area contributed by atoms with E-state index >= 15 is 0 Å². The fraction of sp³-hybridized carbons (Fsp3) is 0.462. The fourth-order valence-electron chi connectivity index (χ4n) is 1.54. The molecule has 0 atom stereocenters. The summed E-state index contributed by atoms with van der Waals surface area (Å²) in [5.74, 6) is 0.262. The zero-order chi connectivity index (χ0) is 13.4. The van der Waals surface area contributed by atoms with Crippen molar-refractivity contribution >= 4 is 6.03 Å². The number of urea groups is 1. The van der Waals surface area contributed by atoms with E-state index in [1.54, 1.807) is 19.2 Å². The molecule has 100 valence electrons. The molecule has 0 saturated carbocycles. The van der Waals surface area contributed by atoms with Gasteiger partial charge in [-0.3, -0.25) is 0 Å². The molecular formula is C13H20N2O3. The van der Waals surface area contributed by atoms with Crippen LogP contribution in [0.4, 0.5) is 4.79 Å². The van der Waals surface area contributed by atoms with Crippen LogP contribution in [0.2, 0.25) is 0 Å². The normalized spacial score (nSPS) is 10.1. The van der Waals surface area contributed by atoms with Gasteiger partial charge in [-0.05, 0) is 30.5 Å². The highest BCUT2D eigenvalue weighted by Crippen LogP contribution is 2.10. The average molecular weight is 252 g/mol. The number of phenolic OH excluding ortho intramolecular Hbond substituents is 1. The summed E-state index contributed by atoms with van der Waals surface area (Å²) in [6.45, 7) is 0.900. The molecule has 0 unspecified atom stereocenters. The monoisotopic (exact) mass is 252 g/mol. The van der Waals surface area contributed by atoms with Crippen molar-refractivity contribution in [3.05, 3.63) is 29.8 Å². The van der Waals surface area contributed by atoms with Crippen LogP contribution in [0.1, 0.15) is 12.0 Å². The van der Waals surface area contributed by atoms with Gasteiger partial charge in [0.05, 0.1) is 6.61 Å². The Kier molecular flexibility index (Phi) is 6.00. The number of aliphatic hydroxyl groups excluding tert-OH is 1. The zero-order valence-corrected chi connectivity index (χ0v) is 10.6. The summed E-state index contributed by atoms with van der Waals surface area (Å²) in [7, 11) is 1.64. The standard InChI is InChI=1S/C13H20N2O3/c1-15(9-10-16)13(18)14-8-2-3-11-4-6-12(17)7-5-11/h4-7,16-17H,2-3,8-10H2,1H3,(H,14,18). The summed E-state index contributed by atoms with van der Waals surface area (Å²) in [5.41, 5.74) is 1.13. The van der Waals surface area contributed by atoms with E-state index in [1.165, 1.54) is 4.90 Å². The molecule has 0 heterocycles. The predicted octanol–water partition coefficient (Wildman–Crippen LogP) is 0.958. The Morgan fingerprint density at radius 2 is 2.00 bits per heavy atom. The number of aryl methyl sites for hydroxylation is 1. The molecule has 18 heavy (non-hydrogen) atoms. The number of carbonyl (C=O) groups excluding carboxylic acids is 1. The molecule has 0 spiro atoms. The number of hydrogen-bond acceptors (Lipinski definition) is 3. The molecule has 5 nitrogen and oxygen atoms in total. The van der Waals surface area contributed by atoms with Gasteiger partial charge in [0, 0.05) is 20.1 Å². The first kappa shape index (κ1) is 14.3. The number of amides is 2. The lowest BCUT2D eigenvalue weighted by Crippen LogP contribution is -2.39. The van der Waals surface area contributed by atoms with Crippen LogP contribution in [0.5, 0.6) is 5.75 Å². The topological polar surface area (TPSA) is 72.8 Å². The van der Waals surface area contributed by atoms with Crippen molar-refractivity contribution in [2.45, 2.75) is 12.8 Å². The van der Waals surface area contributed by atoms with Gasteiger partial charge in [-0.25, -0.2) is 4.79 Å². The average Bonchev–Trinajstić information content (AvgIpc) is 2.36. The van der Waals surface area contributed by atoms with Crippen molar-refractivity contribution in [2.24, 2.45) is 0 Å². The Hall–Kier alpha value is -1.75. The largest absolute Gasteiger partial charge is 0.508 e. The van der Waals surface area contributed by atoms with Gasteiger partial charge in [0.2, 0.25) is 0 Å². The maximum absolute atomic E-state index is 11.5. The number of hydrogen-bond donors (Lipinski definition) is 3. The molecule has 0 aliphatic rings. The maximum atomic E-state index is 11.5. The molecule has 0 radical (unpaired) electrons. The van der Waals surface area contributed by atoms with Crippen LogP contribution in [-0.4, -0.2) is 47.9 Å². The van der Waals surface area contributed by atoms with Gasteiger partial charge in [-0.15, -0.1) is 0 Å². The van der Waals surface area contributed by atoms with Gasteiger partial charge in [0.15, 0.2) is 0 Å². The third-order valence-electron chi connectivity index (χ3n) is 2.64. The second-order valence-corrected chi connectivity index (χ2v) is 4.15. The van der Waals surface area contributed by atoms with Crippen LogP contribution < -0.4 is 5.32 Å². The Labute approximate surface area is 107 Å². The third kappa shape index (κ3) is 5.05. The van der Waals surface area contributed by atoms with Gasteiger partial charge in [0.1, 0.15) is 5.75 Å². The van der Waals surface area contributed by atoms with E-state index in [1.807, 2.05) is 12.1 Å². The number of nitrogens with zero attached hydrogens (tertiary/aromatic N) is 1. The van der Waals surface area contributed by atoms with Gasteiger partial charge < -0.3 is 20.4 Å². The lowest BCUT2D eigenvalue weighted by Gasteiger charge is -2.16. The number of rotatable bonds is 6. The molecule has 0 bridgehead atoms. The Bertz CT molecular complexity index is 365. The summed E-state index contributed by atoms with van der Waals surface area (Å²) in [6.07, 6.45) is 1.69. The number of phenols is 1. The summed E-state index contributed by atoms with van der Waals surface area (Å²) in [5, 5.41) is 20.6. The minimum absolute atomic E-state index is 0.0303. The minimum atomic E-state index is -0.172. The quantitative estimate of drug-likeness (QED) is 0.660. The highest BCUT2D eigenvalue weighted by Gasteiger charge is 2.05. The summed E-state index contributed by atoms with van der Waals surface area (Å²) >= 11 is 0. The molecule has 2 amide bonds. The highest BCUT2D eigenvalue weighted by molar-refractivity contribution is 5.73. The first-order valence-electron chi connectivity index (χ1n) is 6.01. The van der Waals surface area contributed by atoms with E-state index in [2.05, 4.69) is 5.32 Å². The summed E-state index contributed by atoms with van der Waals surface area (Å²) in [6, 6.07) is 6.88. The molecular weight excluding hydrogens is 232 g/mol. The predicted molar refractivity (Wildman–Crippen MR) is 69.5 cm³/mol. The highest BCUT2D eigenvalue weighted by atomic mass is 16.3. The number of aromatic hydroxyl groups is 1. The third-order valence-corrected chi connectivity index (χ3v) is 2.64. The van der Waals surface area contributed by atoms with Crippen LogP contribution in [0.3, 0.4) is 0 Å². The first-order valence-corrected chi connectivity index (χ1v) is 6.01. The van der Waals surface area contributed by atoms with Gasteiger partial charge in [-0.2, -0.15) is 0 Å². The molecule has 3 N–H and O–H groups in total. The molecule has 0 saturated heterocycles. The number of nitrogens with one attached hydrogen (secondary N) is 1. The smallest absolute Gasteiger partial charge is 0.317 e. The number of likely N-dealkylation sites (N-methyl/N-ethyl adjacent to an activating group) is 1. The van der Waals surface area contributed by atoms with Crippen LogP contribution in [-0.2, 0) is 6.42 Å². The van der Waals surface area contributed by atoms with Crippen molar-refractivity contribution in [2.75, 3.05) is 26.7 Å². The minimum Gasteiger partial charge on any atom is -0.508 e. The van der Waals surface area contributed by atoms with Gasteiger partial charge in [-0.1, -0.05) is 12.1 Å². The molecule has 5 heteroatoms. The number of carbonyl (C=O) groups is 1. The second kappa shape index (κ2) is 7.55. The van der Waals surface area contributed by atoms with E-state index in [4.69, 9.17) is 10.2 Å². The number of aliphatic hydroxyl groups is 1.